The van der Waals surface area contributed by atoms with Crippen LogP contribution in [-0.4, -0.2) is 5.11 Å². The molecule has 0 spiro atoms. The average molecular weight is 233 g/mol. The van der Waals surface area contributed by atoms with Crippen molar-refractivity contribution >= 4 is 11.6 Å². The van der Waals surface area contributed by atoms with E-state index < -0.39 is 6.10 Å². The summed E-state index contributed by atoms with van der Waals surface area (Å²) in [5, 5.41) is 10.7. The summed E-state index contributed by atoms with van der Waals surface area (Å²) < 4.78 is 0. The van der Waals surface area contributed by atoms with Crippen LogP contribution in [0.4, 0.5) is 0 Å². The van der Waals surface area contributed by atoms with Crippen molar-refractivity contribution in [3.05, 3.63) is 70.7 Å². The molecule has 0 aliphatic heterocycles. The van der Waals surface area contributed by atoms with Crippen molar-refractivity contribution in [2.45, 2.75) is 12.5 Å². The molecule has 16 heavy (non-hydrogen) atoms. The molecule has 0 aromatic heterocycles. The van der Waals surface area contributed by atoms with Gasteiger partial charge in [0.15, 0.2) is 0 Å². The van der Waals surface area contributed by atoms with E-state index in [1.54, 1.807) is 12.1 Å². The third kappa shape index (κ3) is 2.84. The first kappa shape index (κ1) is 11.2. The molecule has 1 N–H and O–H groups in total. The first-order valence-electron chi connectivity index (χ1n) is 5.23. The second-order valence-electron chi connectivity index (χ2n) is 3.76. The normalized spacial score (nSPS) is 12.4. The number of benzene rings is 2. The molecule has 1 nitrogen and oxygen atoms in total. The highest BCUT2D eigenvalue weighted by Crippen LogP contribution is 2.21. The summed E-state index contributed by atoms with van der Waals surface area (Å²) >= 11 is 5.88. The van der Waals surface area contributed by atoms with E-state index in [4.69, 9.17) is 11.6 Å². The highest BCUT2D eigenvalue weighted by Gasteiger charge is 2.08. The largest absolute Gasteiger partial charge is 0.388 e. The minimum atomic E-state index is -0.499. The number of aliphatic hydroxyl groups is 1. The predicted octanol–water partition coefficient (Wildman–Crippen LogP) is 3.62. The van der Waals surface area contributed by atoms with Crippen LogP contribution < -0.4 is 0 Å². The molecule has 1 atom stereocenters. The lowest BCUT2D eigenvalue weighted by Crippen LogP contribution is -2.01. The Kier molecular flexibility index (Phi) is 3.60. The second kappa shape index (κ2) is 5.15. The third-order valence-electron chi connectivity index (χ3n) is 2.51. The van der Waals surface area contributed by atoms with Gasteiger partial charge in [0.2, 0.25) is 0 Å². The molecule has 2 heteroatoms. The zero-order chi connectivity index (χ0) is 11.4. The van der Waals surface area contributed by atoms with Gasteiger partial charge in [-0.3, -0.25) is 0 Å². The maximum atomic E-state index is 10.0. The average Bonchev–Trinajstić information content (AvgIpc) is 2.30. The molecule has 0 saturated heterocycles. The first-order chi connectivity index (χ1) is 7.75. The van der Waals surface area contributed by atoms with Crippen molar-refractivity contribution in [3.63, 3.8) is 0 Å². The Morgan fingerprint density at radius 1 is 1.00 bits per heavy atom. The van der Waals surface area contributed by atoms with Crippen LogP contribution in [0, 0.1) is 0 Å². The highest BCUT2D eigenvalue weighted by molar-refractivity contribution is 6.30. The molecular weight excluding hydrogens is 220 g/mol. The van der Waals surface area contributed by atoms with Crippen LogP contribution in [0.2, 0.25) is 5.02 Å². The van der Waals surface area contributed by atoms with Crippen LogP contribution in [0.25, 0.3) is 0 Å². The second-order valence-corrected chi connectivity index (χ2v) is 4.20. The highest BCUT2D eigenvalue weighted by atomic mass is 35.5. The molecule has 0 bridgehead atoms. The summed E-state index contributed by atoms with van der Waals surface area (Å²) in [4.78, 5) is 0. The van der Waals surface area contributed by atoms with Crippen LogP contribution in [-0.2, 0) is 6.42 Å². The van der Waals surface area contributed by atoms with Gasteiger partial charge in [-0.05, 0) is 23.3 Å². The molecule has 2 aromatic carbocycles. The first-order valence-corrected chi connectivity index (χ1v) is 5.61. The number of hydrogen-bond donors (Lipinski definition) is 1. The van der Waals surface area contributed by atoms with E-state index in [1.807, 2.05) is 42.5 Å². The SMILES string of the molecule is O[C@@H](Cc1ccccc1)c1cccc(Cl)c1. The van der Waals surface area contributed by atoms with E-state index >= 15 is 0 Å². The molecule has 2 rings (SSSR count). The summed E-state index contributed by atoms with van der Waals surface area (Å²) in [5.41, 5.74) is 1.98. The van der Waals surface area contributed by atoms with E-state index in [0.717, 1.165) is 11.1 Å². The van der Waals surface area contributed by atoms with Crippen LogP contribution in [0.1, 0.15) is 17.2 Å². The monoisotopic (exact) mass is 232 g/mol. The lowest BCUT2D eigenvalue weighted by molar-refractivity contribution is 0.178. The molecule has 0 amide bonds. The van der Waals surface area contributed by atoms with Gasteiger partial charge in [-0.15, -0.1) is 0 Å². The molecule has 0 heterocycles. The molecule has 0 saturated carbocycles. The lowest BCUT2D eigenvalue weighted by atomic mass is 10.0. The number of aliphatic hydroxyl groups excluding tert-OH is 1. The zero-order valence-electron chi connectivity index (χ0n) is 8.81. The van der Waals surface area contributed by atoms with Crippen LogP contribution in [0.3, 0.4) is 0 Å². The van der Waals surface area contributed by atoms with Crippen molar-refractivity contribution in [1.82, 2.24) is 0 Å². The Bertz CT molecular complexity index is 453. The van der Waals surface area contributed by atoms with E-state index in [1.165, 1.54) is 0 Å². The maximum absolute atomic E-state index is 10.0. The van der Waals surface area contributed by atoms with Crippen LogP contribution >= 0.6 is 11.6 Å². The molecular formula is C14H13ClO. The fraction of sp³-hybridized carbons (Fsp3) is 0.143. The topological polar surface area (TPSA) is 20.2 Å². The van der Waals surface area contributed by atoms with E-state index in [0.29, 0.717) is 11.4 Å². The number of rotatable bonds is 3. The molecule has 82 valence electrons. The van der Waals surface area contributed by atoms with Gasteiger partial charge in [0, 0.05) is 11.4 Å². The van der Waals surface area contributed by atoms with Crippen molar-refractivity contribution < 1.29 is 5.11 Å². The van der Waals surface area contributed by atoms with Crippen molar-refractivity contribution in [1.29, 1.82) is 0 Å². The summed E-state index contributed by atoms with van der Waals surface area (Å²) in [7, 11) is 0. The predicted molar refractivity (Wildman–Crippen MR) is 66.6 cm³/mol. The molecule has 2 aromatic rings. The minimum absolute atomic E-state index is 0.499. The zero-order valence-corrected chi connectivity index (χ0v) is 9.56. The summed E-state index contributed by atoms with van der Waals surface area (Å²) in [6, 6.07) is 17.3. The van der Waals surface area contributed by atoms with Gasteiger partial charge in [-0.25, -0.2) is 0 Å². The molecule has 0 unspecified atom stereocenters. The summed E-state index contributed by atoms with van der Waals surface area (Å²) in [6.07, 6.45) is 0.113. The Morgan fingerprint density at radius 3 is 2.44 bits per heavy atom. The number of hydrogen-bond acceptors (Lipinski definition) is 1. The minimum Gasteiger partial charge on any atom is -0.388 e. The van der Waals surface area contributed by atoms with Crippen LogP contribution in [0.15, 0.2) is 54.6 Å². The van der Waals surface area contributed by atoms with Crippen molar-refractivity contribution in [3.8, 4) is 0 Å². The fourth-order valence-electron chi connectivity index (χ4n) is 1.67. The van der Waals surface area contributed by atoms with E-state index in [-0.39, 0.29) is 0 Å². The molecule has 0 aliphatic carbocycles. The summed E-state index contributed by atoms with van der Waals surface area (Å²) in [6.45, 7) is 0. The Labute approximate surface area is 100 Å². The summed E-state index contributed by atoms with van der Waals surface area (Å²) in [5.74, 6) is 0. The Morgan fingerprint density at radius 2 is 1.75 bits per heavy atom. The third-order valence-corrected chi connectivity index (χ3v) is 2.74. The Balaban J connectivity index is 2.12. The van der Waals surface area contributed by atoms with Gasteiger partial charge in [-0.2, -0.15) is 0 Å². The van der Waals surface area contributed by atoms with E-state index in [2.05, 4.69) is 0 Å². The van der Waals surface area contributed by atoms with Gasteiger partial charge in [0.1, 0.15) is 0 Å². The van der Waals surface area contributed by atoms with Crippen molar-refractivity contribution in [2.75, 3.05) is 0 Å². The van der Waals surface area contributed by atoms with Gasteiger partial charge < -0.3 is 5.11 Å². The number of halogens is 1. The van der Waals surface area contributed by atoms with E-state index in [9.17, 15) is 5.11 Å². The maximum Gasteiger partial charge on any atom is 0.0830 e. The van der Waals surface area contributed by atoms with Crippen LogP contribution in [0.5, 0.6) is 0 Å². The van der Waals surface area contributed by atoms with Gasteiger partial charge in [-0.1, -0.05) is 54.1 Å². The molecule has 0 fully saturated rings. The smallest absolute Gasteiger partial charge is 0.0830 e. The van der Waals surface area contributed by atoms with Crippen molar-refractivity contribution in [2.24, 2.45) is 0 Å². The van der Waals surface area contributed by atoms with Gasteiger partial charge in [0.05, 0.1) is 6.10 Å². The Hall–Kier alpha value is -1.31. The quantitative estimate of drug-likeness (QED) is 0.857. The lowest BCUT2D eigenvalue weighted by Gasteiger charge is -2.11. The standard InChI is InChI=1S/C14H13ClO/c15-13-8-4-7-12(10-13)14(16)9-11-5-2-1-3-6-11/h1-8,10,14,16H,9H2/t14-/m0/s1. The fourth-order valence-corrected chi connectivity index (χ4v) is 1.87. The molecule has 0 aliphatic rings. The molecule has 0 radical (unpaired) electrons. The van der Waals surface area contributed by atoms with Gasteiger partial charge in [0.25, 0.3) is 0 Å². The van der Waals surface area contributed by atoms with Gasteiger partial charge >= 0.3 is 0 Å².